The van der Waals surface area contributed by atoms with Gasteiger partial charge in [0.05, 0.1) is 19.0 Å². The van der Waals surface area contributed by atoms with E-state index in [1.54, 1.807) is 6.20 Å². The van der Waals surface area contributed by atoms with Gasteiger partial charge in [0, 0.05) is 44.6 Å². The van der Waals surface area contributed by atoms with E-state index in [9.17, 15) is 4.79 Å². The molecule has 0 aliphatic carbocycles. The molecular weight excluding hydrogens is 384 g/mol. The van der Waals surface area contributed by atoms with Gasteiger partial charge in [-0.25, -0.2) is 4.98 Å². The fourth-order valence-electron chi connectivity index (χ4n) is 4.17. The molecule has 3 heterocycles. The Labute approximate surface area is 177 Å². The highest BCUT2D eigenvalue weighted by molar-refractivity contribution is 5.83. The summed E-state index contributed by atoms with van der Waals surface area (Å²) in [6.07, 6.45) is 8.80. The van der Waals surface area contributed by atoms with Crippen molar-refractivity contribution in [3.05, 3.63) is 48.5 Å². The summed E-state index contributed by atoms with van der Waals surface area (Å²) in [7, 11) is 0. The SMILES string of the molecule is C[C@H]1C(=O)N2CCC[C@H]2CN1Cc1cccc(OCCCn2ccnc2)c1.O=CO. The van der Waals surface area contributed by atoms with Crippen molar-refractivity contribution in [3.63, 3.8) is 0 Å². The Morgan fingerprint density at radius 1 is 1.37 bits per heavy atom. The molecule has 0 saturated carbocycles. The highest BCUT2D eigenvalue weighted by Gasteiger charge is 2.39. The van der Waals surface area contributed by atoms with Crippen LogP contribution in [0, 0.1) is 0 Å². The maximum atomic E-state index is 12.6. The predicted molar refractivity (Wildman–Crippen MR) is 112 cm³/mol. The number of ether oxygens (including phenoxy) is 1. The fraction of sp³-hybridized carbons (Fsp3) is 0.500. The van der Waals surface area contributed by atoms with Crippen LogP contribution in [0.5, 0.6) is 5.75 Å². The van der Waals surface area contributed by atoms with Crippen LogP contribution in [0.15, 0.2) is 43.0 Å². The molecule has 2 atom stereocenters. The molecule has 4 rings (SSSR count). The molecule has 2 aromatic rings. The number of benzene rings is 1. The lowest BCUT2D eigenvalue weighted by Crippen LogP contribution is -2.58. The standard InChI is InChI=1S/C21H28N4O2.CH2O2/c1-17-21(26)25-10-3-6-19(25)15-24(17)14-18-5-2-7-20(13-18)27-12-4-9-23-11-8-22-16-23;2-1-3/h2,5,7-8,11,13,16-17,19H,3-4,6,9-10,12,14-15H2,1H3;1H,(H,2,3)/t17-,19-;/m0./s1. The van der Waals surface area contributed by atoms with Crippen molar-refractivity contribution in [3.8, 4) is 5.75 Å². The Bertz CT molecular complexity index is 811. The summed E-state index contributed by atoms with van der Waals surface area (Å²) in [5.41, 5.74) is 1.20. The van der Waals surface area contributed by atoms with Crippen LogP contribution >= 0.6 is 0 Å². The summed E-state index contributed by atoms with van der Waals surface area (Å²) in [6.45, 7) is 6.08. The van der Waals surface area contributed by atoms with E-state index in [1.165, 1.54) is 5.56 Å². The van der Waals surface area contributed by atoms with Crippen molar-refractivity contribution in [2.45, 2.75) is 51.4 Å². The highest BCUT2D eigenvalue weighted by Crippen LogP contribution is 2.27. The van der Waals surface area contributed by atoms with Gasteiger partial charge in [-0.3, -0.25) is 14.5 Å². The van der Waals surface area contributed by atoms with Gasteiger partial charge in [-0.2, -0.15) is 0 Å². The monoisotopic (exact) mass is 414 g/mol. The third-order valence-electron chi connectivity index (χ3n) is 5.68. The number of nitrogens with zero attached hydrogens (tertiary/aromatic N) is 4. The van der Waals surface area contributed by atoms with E-state index in [4.69, 9.17) is 14.6 Å². The summed E-state index contributed by atoms with van der Waals surface area (Å²) in [4.78, 5) is 29.4. The van der Waals surface area contributed by atoms with Crippen molar-refractivity contribution in [2.24, 2.45) is 0 Å². The van der Waals surface area contributed by atoms with Crippen LogP contribution in [0.2, 0.25) is 0 Å². The molecule has 162 valence electrons. The molecule has 1 N–H and O–H groups in total. The van der Waals surface area contributed by atoms with Gasteiger partial charge in [-0.15, -0.1) is 0 Å². The smallest absolute Gasteiger partial charge is 0.290 e. The summed E-state index contributed by atoms with van der Waals surface area (Å²) in [5, 5.41) is 6.89. The van der Waals surface area contributed by atoms with Crippen LogP contribution in [0.4, 0.5) is 0 Å². The average molecular weight is 415 g/mol. The van der Waals surface area contributed by atoms with Gasteiger partial charge in [0.2, 0.25) is 5.91 Å². The van der Waals surface area contributed by atoms with Crippen LogP contribution in [-0.2, 0) is 22.7 Å². The third-order valence-corrected chi connectivity index (χ3v) is 5.68. The van der Waals surface area contributed by atoms with Gasteiger partial charge >= 0.3 is 0 Å². The van der Waals surface area contributed by atoms with Crippen LogP contribution in [0.25, 0.3) is 0 Å². The van der Waals surface area contributed by atoms with Gasteiger partial charge < -0.3 is 19.3 Å². The number of aromatic nitrogens is 2. The second-order valence-electron chi connectivity index (χ2n) is 7.69. The van der Waals surface area contributed by atoms with Crippen molar-refractivity contribution in [1.29, 1.82) is 0 Å². The Morgan fingerprint density at radius 2 is 2.20 bits per heavy atom. The van der Waals surface area contributed by atoms with Crippen LogP contribution < -0.4 is 4.74 Å². The lowest BCUT2D eigenvalue weighted by atomic mass is 10.1. The molecule has 1 aromatic carbocycles. The molecule has 2 aliphatic heterocycles. The Morgan fingerprint density at radius 3 is 2.97 bits per heavy atom. The predicted octanol–water partition coefficient (Wildman–Crippen LogP) is 2.25. The topological polar surface area (TPSA) is 87.9 Å². The van der Waals surface area contributed by atoms with E-state index < -0.39 is 0 Å². The third kappa shape index (κ3) is 5.60. The molecule has 0 unspecified atom stereocenters. The molecule has 0 bridgehead atoms. The molecule has 8 heteroatoms. The lowest BCUT2D eigenvalue weighted by Gasteiger charge is -2.41. The number of imidazole rings is 1. The number of hydrogen-bond donors (Lipinski definition) is 1. The van der Waals surface area contributed by atoms with Gasteiger partial charge in [-0.1, -0.05) is 12.1 Å². The highest BCUT2D eigenvalue weighted by atomic mass is 16.5. The normalized spacial score (nSPS) is 21.0. The minimum Gasteiger partial charge on any atom is -0.494 e. The van der Waals surface area contributed by atoms with E-state index in [0.717, 1.165) is 51.2 Å². The maximum absolute atomic E-state index is 12.6. The largest absolute Gasteiger partial charge is 0.494 e. The van der Waals surface area contributed by atoms with Crippen molar-refractivity contribution < 1.29 is 19.4 Å². The number of carbonyl (C=O) groups excluding carboxylic acids is 1. The molecular formula is C22H30N4O4. The first-order valence-corrected chi connectivity index (χ1v) is 10.4. The zero-order valence-electron chi connectivity index (χ0n) is 17.4. The summed E-state index contributed by atoms with van der Waals surface area (Å²) in [6, 6.07) is 8.63. The molecule has 1 aromatic heterocycles. The second kappa shape index (κ2) is 10.8. The van der Waals surface area contributed by atoms with E-state index in [0.29, 0.717) is 12.6 Å². The first kappa shape index (κ1) is 21.8. The van der Waals surface area contributed by atoms with E-state index in [1.807, 2.05) is 31.6 Å². The molecule has 2 fully saturated rings. The van der Waals surface area contributed by atoms with Gasteiger partial charge in [0.1, 0.15) is 5.75 Å². The van der Waals surface area contributed by atoms with Crippen LogP contribution in [0.1, 0.15) is 31.7 Å². The Balaban J connectivity index is 0.000000806. The molecule has 8 nitrogen and oxygen atoms in total. The molecule has 1 amide bonds. The Hall–Kier alpha value is -2.87. The van der Waals surface area contributed by atoms with Gasteiger partial charge in [0.25, 0.3) is 6.47 Å². The molecule has 2 aliphatic rings. The summed E-state index contributed by atoms with van der Waals surface area (Å²) in [5.74, 6) is 1.19. The van der Waals surface area contributed by atoms with Crippen LogP contribution in [-0.4, -0.2) is 68.6 Å². The van der Waals surface area contributed by atoms with Crippen molar-refractivity contribution in [2.75, 3.05) is 19.7 Å². The van der Waals surface area contributed by atoms with Gasteiger partial charge in [0.15, 0.2) is 0 Å². The number of carboxylic acid groups (broad SMARTS) is 1. The number of piperazine rings is 1. The fourth-order valence-corrected chi connectivity index (χ4v) is 4.17. The maximum Gasteiger partial charge on any atom is 0.290 e. The van der Waals surface area contributed by atoms with Gasteiger partial charge in [-0.05, 0) is 43.9 Å². The number of carbonyl (C=O) groups is 2. The average Bonchev–Trinajstić information content (AvgIpc) is 3.42. The number of aryl methyl sites for hydroxylation is 1. The first-order chi connectivity index (χ1) is 14.6. The molecule has 2 saturated heterocycles. The summed E-state index contributed by atoms with van der Waals surface area (Å²) < 4.78 is 7.98. The van der Waals surface area contributed by atoms with E-state index >= 15 is 0 Å². The number of fused-ring (bicyclic) bond motifs is 1. The molecule has 0 spiro atoms. The molecule has 0 radical (unpaired) electrons. The minimum absolute atomic E-state index is 0.0425. The number of hydrogen-bond acceptors (Lipinski definition) is 5. The lowest BCUT2D eigenvalue weighted by molar-refractivity contribution is -0.143. The quantitative estimate of drug-likeness (QED) is 0.552. The Kier molecular flexibility index (Phi) is 7.84. The first-order valence-electron chi connectivity index (χ1n) is 10.4. The number of rotatable bonds is 7. The zero-order valence-corrected chi connectivity index (χ0v) is 17.4. The summed E-state index contributed by atoms with van der Waals surface area (Å²) >= 11 is 0. The molecule has 30 heavy (non-hydrogen) atoms. The van der Waals surface area contributed by atoms with Crippen LogP contribution in [0.3, 0.4) is 0 Å². The zero-order chi connectivity index (χ0) is 21.3. The minimum atomic E-state index is -0.250. The van der Waals surface area contributed by atoms with Crippen molar-refractivity contribution in [1.82, 2.24) is 19.4 Å². The van der Waals surface area contributed by atoms with E-state index in [2.05, 4.69) is 31.5 Å². The van der Waals surface area contributed by atoms with Crippen molar-refractivity contribution >= 4 is 12.4 Å². The van der Waals surface area contributed by atoms with E-state index in [-0.39, 0.29) is 18.4 Å². The second-order valence-corrected chi connectivity index (χ2v) is 7.69. The number of amides is 1.